The lowest BCUT2D eigenvalue weighted by atomic mass is 10.1. The Morgan fingerprint density at radius 3 is 2.79 bits per heavy atom. The zero-order valence-corrected chi connectivity index (χ0v) is 9.20. The number of hydrogen-bond acceptors (Lipinski definition) is 1. The van der Waals surface area contributed by atoms with Gasteiger partial charge in [0.05, 0.1) is 5.69 Å². The van der Waals surface area contributed by atoms with Crippen molar-refractivity contribution in [2.75, 3.05) is 0 Å². The molecular weight excluding hydrogens is 172 g/mol. The first-order valence-corrected chi connectivity index (χ1v) is 5.08. The number of allylic oxidation sites excluding steroid dienone is 4. The number of nitrogens with zero attached hydrogens (tertiary/aromatic N) is 2. The van der Waals surface area contributed by atoms with Crippen molar-refractivity contribution < 1.29 is 0 Å². The topological polar surface area (TPSA) is 17.8 Å². The van der Waals surface area contributed by atoms with Crippen LogP contribution in [0.15, 0.2) is 30.5 Å². The van der Waals surface area contributed by atoms with Gasteiger partial charge in [0.2, 0.25) is 0 Å². The Hall–Kier alpha value is -1.31. The third-order valence-corrected chi connectivity index (χ3v) is 2.24. The van der Waals surface area contributed by atoms with Gasteiger partial charge >= 0.3 is 0 Å². The molecule has 0 aliphatic rings. The lowest BCUT2D eigenvalue weighted by Crippen LogP contribution is -1.96. The first-order valence-electron chi connectivity index (χ1n) is 5.08. The van der Waals surface area contributed by atoms with Crippen molar-refractivity contribution in [3.05, 3.63) is 36.2 Å². The normalized spacial score (nSPS) is 12.6. The summed E-state index contributed by atoms with van der Waals surface area (Å²) in [7, 11) is 1.97. The molecule has 0 atom stereocenters. The predicted molar refractivity (Wildman–Crippen MR) is 60.9 cm³/mol. The van der Waals surface area contributed by atoms with Crippen LogP contribution >= 0.6 is 0 Å². The van der Waals surface area contributed by atoms with E-state index in [0.717, 1.165) is 12.8 Å². The van der Waals surface area contributed by atoms with E-state index in [1.165, 1.54) is 11.3 Å². The highest BCUT2D eigenvalue weighted by Crippen LogP contribution is 2.17. The summed E-state index contributed by atoms with van der Waals surface area (Å²) in [5.74, 6) is 0. The zero-order valence-electron chi connectivity index (χ0n) is 9.20. The predicted octanol–water partition coefficient (Wildman–Crippen LogP) is 3.18. The number of rotatable bonds is 4. The Kier molecular flexibility index (Phi) is 4.17. The van der Waals surface area contributed by atoms with Crippen molar-refractivity contribution >= 4 is 5.57 Å². The summed E-state index contributed by atoms with van der Waals surface area (Å²) in [5.41, 5.74) is 2.53. The highest BCUT2D eigenvalue weighted by atomic mass is 15.3. The van der Waals surface area contributed by atoms with Crippen LogP contribution in [-0.4, -0.2) is 9.78 Å². The number of hydrogen-bond donors (Lipinski definition) is 0. The fraction of sp³-hybridized carbons (Fsp3) is 0.417. The van der Waals surface area contributed by atoms with E-state index >= 15 is 0 Å². The minimum atomic E-state index is 0.990. The van der Waals surface area contributed by atoms with Crippen LogP contribution in [0.2, 0.25) is 0 Å². The summed E-state index contributed by atoms with van der Waals surface area (Å²) >= 11 is 0. The largest absolute Gasteiger partial charge is 0.268 e. The first kappa shape index (κ1) is 10.8. The van der Waals surface area contributed by atoms with Crippen molar-refractivity contribution in [1.82, 2.24) is 9.78 Å². The van der Waals surface area contributed by atoms with Crippen LogP contribution in [0.5, 0.6) is 0 Å². The van der Waals surface area contributed by atoms with Gasteiger partial charge in [0.15, 0.2) is 0 Å². The van der Waals surface area contributed by atoms with E-state index in [1.807, 2.05) is 17.9 Å². The Bertz CT molecular complexity index is 332. The molecule has 0 saturated carbocycles. The lowest BCUT2D eigenvalue weighted by Gasteiger charge is -2.04. The van der Waals surface area contributed by atoms with Gasteiger partial charge in [-0.1, -0.05) is 25.2 Å². The minimum absolute atomic E-state index is 0.990. The second-order valence-electron chi connectivity index (χ2n) is 3.24. The van der Waals surface area contributed by atoms with Gasteiger partial charge in [-0.2, -0.15) is 5.10 Å². The second kappa shape index (κ2) is 5.43. The number of aromatic nitrogens is 2. The van der Waals surface area contributed by atoms with Gasteiger partial charge < -0.3 is 0 Å². The Labute approximate surface area is 85.9 Å². The third kappa shape index (κ3) is 2.59. The smallest absolute Gasteiger partial charge is 0.0638 e. The van der Waals surface area contributed by atoms with Crippen LogP contribution in [-0.2, 0) is 7.05 Å². The molecule has 0 bridgehead atoms. The van der Waals surface area contributed by atoms with Gasteiger partial charge in [-0.05, 0) is 31.4 Å². The summed E-state index contributed by atoms with van der Waals surface area (Å²) in [5, 5.41) is 4.17. The Balaban J connectivity index is 2.74. The molecule has 0 aromatic carbocycles. The molecule has 0 radical (unpaired) electrons. The maximum Gasteiger partial charge on any atom is 0.0638 e. The molecule has 14 heavy (non-hydrogen) atoms. The van der Waals surface area contributed by atoms with E-state index in [1.54, 1.807) is 0 Å². The molecule has 0 unspecified atom stereocenters. The molecule has 0 amide bonds. The van der Waals surface area contributed by atoms with E-state index in [2.05, 4.69) is 43.2 Å². The van der Waals surface area contributed by atoms with Crippen LogP contribution in [0.3, 0.4) is 0 Å². The molecule has 0 saturated heterocycles. The van der Waals surface area contributed by atoms with Gasteiger partial charge in [-0.3, -0.25) is 4.68 Å². The summed E-state index contributed by atoms with van der Waals surface area (Å²) in [6, 6.07) is 2.05. The minimum Gasteiger partial charge on any atom is -0.268 e. The van der Waals surface area contributed by atoms with Crippen molar-refractivity contribution in [3.8, 4) is 0 Å². The summed E-state index contributed by atoms with van der Waals surface area (Å²) in [6.07, 6.45) is 10.5. The van der Waals surface area contributed by atoms with E-state index in [0.29, 0.717) is 0 Å². The average molecular weight is 190 g/mol. The molecule has 1 aromatic heterocycles. The highest BCUT2D eigenvalue weighted by Gasteiger charge is 2.02. The summed E-state index contributed by atoms with van der Waals surface area (Å²) in [6.45, 7) is 4.22. The molecule has 0 aliphatic heterocycles. The van der Waals surface area contributed by atoms with Crippen LogP contribution < -0.4 is 0 Å². The quantitative estimate of drug-likeness (QED) is 0.667. The Morgan fingerprint density at radius 2 is 2.29 bits per heavy atom. The van der Waals surface area contributed by atoms with E-state index in [9.17, 15) is 0 Å². The molecule has 0 aliphatic carbocycles. The van der Waals surface area contributed by atoms with E-state index in [4.69, 9.17) is 0 Å². The molecule has 2 nitrogen and oxygen atoms in total. The van der Waals surface area contributed by atoms with E-state index in [-0.39, 0.29) is 0 Å². The number of aryl methyl sites for hydroxylation is 1. The standard InChI is InChI=1S/C12H18N2/c1-4-6-7-8-11(5-2)12-9-10-13-14(12)3/h5-7,9-10H,4,8H2,1-3H3/b7-6-,11-5+. The fourth-order valence-corrected chi connectivity index (χ4v) is 1.44. The van der Waals surface area contributed by atoms with Crippen LogP contribution in [0, 0.1) is 0 Å². The van der Waals surface area contributed by atoms with Gasteiger partial charge in [0, 0.05) is 13.2 Å². The van der Waals surface area contributed by atoms with Gasteiger partial charge in [0.1, 0.15) is 0 Å². The maximum atomic E-state index is 4.17. The summed E-state index contributed by atoms with van der Waals surface area (Å²) < 4.78 is 1.91. The highest BCUT2D eigenvalue weighted by molar-refractivity contribution is 5.63. The van der Waals surface area contributed by atoms with Crippen LogP contribution in [0.25, 0.3) is 5.57 Å². The average Bonchev–Trinajstić information content (AvgIpc) is 2.60. The maximum absolute atomic E-state index is 4.17. The molecule has 76 valence electrons. The third-order valence-electron chi connectivity index (χ3n) is 2.24. The van der Waals surface area contributed by atoms with Gasteiger partial charge in [-0.15, -0.1) is 0 Å². The second-order valence-corrected chi connectivity index (χ2v) is 3.24. The van der Waals surface area contributed by atoms with Crippen molar-refractivity contribution in [1.29, 1.82) is 0 Å². The fourth-order valence-electron chi connectivity index (χ4n) is 1.44. The molecule has 1 heterocycles. The molecule has 1 rings (SSSR count). The Morgan fingerprint density at radius 1 is 1.50 bits per heavy atom. The summed E-state index contributed by atoms with van der Waals surface area (Å²) in [4.78, 5) is 0. The molecule has 2 heteroatoms. The van der Waals surface area contributed by atoms with Gasteiger partial charge in [-0.25, -0.2) is 0 Å². The van der Waals surface area contributed by atoms with Crippen molar-refractivity contribution in [3.63, 3.8) is 0 Å². The molecule has 0 spiro atoms. The van der Waals surface area contributed by atoms with Crippen molar-refractivity contribution in [2.45, 2.75) is 26.7 Å². The first-order chi connectivity index (χ1) is 6.79. The molecule has 1 aromatic rings. The molecule has 0 fully saturated rings. The molecule has 0 N–H and O–H groups in total. The SMILES string of the molecule is C/C=C(\C/C=C\CC)c1ccnn1C. The molecular formula is C12H18N2. The van der Waals surface area contributed by atoms with E-state index < -0.39 is 0 Å². The van der Waals surface area contributed by atoms with Gasteiger partial charge in [0.25, 0.3) is 0 Å². The van der Waals surface area contributed by atoms with Crippen molar-refractivity contribution in [2.24, 2.45) is 7.05 Å². The monoisotopic (exact) mass is 190 g/mol. The van der Waals surface area contributed by atoms with Crippen LogP contribution in [0.1, 0.15) is 32.4 Å². The zero-order chi connectivity index (χ0) is 10.4. The van der Waals surface area contributed by atoms with Crippen LogP contribution in [0.4, 0.5) is 0 Å². The lowest BCUT2D eigenvalue weighted by molar-refractivity contribution is 0.754.